The molecular formula is C29H48N2O3Si. The molecule has 2 fully saturated rings. The van der Waals surface area contributed by atoms with Crippen LogP contribution in [0.25, 0.3) is 6.08 Å². The van der Waals surface area contributed by atoms with Crippen LogP contribution in [0.5, 0.6) is 0 Å². The van der Waals surface area contributed by atoms with Crippen LogP contribution >= 0.6 is 0 Å². The third kappa shape index (κ3) is 6.65. The Balaban J connectivity index is 1.78. The monoisotopic (exact) mass is 500 g/mol. The van der Waals surface area contributed by atoms with Gasteiger partial charge in [-0.15, -0.1) is 0 Å². The number of hydroxylamine groups is 2. The molecule has 1 aromatic rings. The molecule has 196 valence electrons. The first-order chi connectivity index (χ1) is 16.1. The van der Waals surface area contributed by atoms with E-state index in [2.05, 4.69) is 90.9 Å². The number of amides is 1. The van der Waals surface area contributed by atoms with Gasteiger partial charge in [0, 0.05) is 24.0 Å². The van der Waals surface area contributed by atoms with Crippen molar-refractivity contribution in [2.45, 2.75) is 116 Å². The van der Waals surface area contributed by atoms with E-state index >= 15 is 0 Å². The van der Waals surface area contributed by atoms with E-state index in [1.165, 1.54) is 6.42 Å². The molecule has 0 aromatic heterocycles. The quantitative estimate of drug-likeness (QED) is 0.374. The smallest absolute Gasteiger partial charge is 0.254 e. The number of likely N-dealkylation sites (tertiary alicyclic amines) is 1. The lowest BCUT2D eigenvalue weighted by atomic mass is 9.82. The van der Waals surface area contributed by atoms with Gasteiger partial charge in [0.05, 0.1) is 12.6 Å². The maximum Gasteiger partial charge on any atom is 0.254 e. The molecule has 0 saturated carbocycles. The van der Waals surface area contributed by atoms with Gasteiger partial charge in [-0.2, -0.15) is 5.06 Å². The summed E-state index contributed by atoms with van der Waals surface area (Å²) < 4.78 is 6.59. The Hall–Kier alpha value is -1.47. The molecule has 0 spiro atoms. The van der Waals surface area contributed by atoms with Crippen LogP contribution in [0.2, 0.25) is 18.1 Å². The molecule has 2 saturated heterocycles. The molecule has 5 nitrogen and oxygen atoms in total. The first-order valence-electron chi connectivity index (χ1n) is 13.3. The number of carbonyl (C=O) groups is 1. The highest BCUT2D eigenvalue weighted by Gasteiger charge is 2.48. The van der Waals surface area contributed by atoms with Gasteiger partial charge in [0.2, 0.25) is 0 Å². The number of nitrogens with zero attached hydrogens (tertiary/aromatic N) is 2. The highest BCUT2D eigenvalue weighted by atomic mass is 28.4. The van der Waals surface area contributed by atoms with Crippen molar-refractivity contribution >= 4 is 20.3 Å². The van der Waals surface area contributed by atoms with Crippen LogP contribution in [-0.2, 0) is 14.1 Å². The molecule has 1 unspecified atom stereocenters. The molecule has 2 aliphatic heterocycles. The maximum absolute atomic E-state index is 13.7. The first kappa shape index (κ1) is 28.1. The van der Waals surface area contributed by atoms with E-state index in [0.717, 1.165) is 18.4 Å². The van der Waals surface area contributed by atoms with Gasteiger partial charge in [-0.25, -0.2) is 0 Å². The molecule has 2 atom stereocenters. The summed E-state index contributed by atoms with van der Waals surface area (Å²) in [5.74, 6) is 0.0729. The second-order valence-corrected chi connectivity index (χ2v) is 17.9. The van der Waals surface area contributed by atoms with Crippen molar-refractivity contribution in [2.24, 2.45) is 0 Å². The van der Waals surface area contributed by atoms with E-state index in [-0.39, 0.29) is 28.1 Å². The molecule has 6 heteroatoms. The van der Waals surface area contributed by atoms with Crippen LogP contribution < -0.4 is 0 Å². The first-order valence-corrected chi connectivity index (χ1v) is 16.2. The number of benzene rings is 1. The Bertz CT molecular complexity index is 873. The van der Waals surface area contributed by atoms with Gasteiger partial charge in [0.15, 0.2) is 14.4 Å². The fraction of sp³-hybridized carbons (Fsp3) is 0.690. The fourth-order valence-electron chi connectivity index (χ4n) is 5.10. The van der Waals surface area contributed by atoms with E-state index in [1.54, 1.807) is 0 Å². The zero-order valence-electron chi connectivity index (χ0n) is 23.6. The van der Waals surface area contributed by atoms with Gasteiger partial charge in [0.1, 0.15) is 0 Å². The Morgan fingerprint density at radius 2 is 1.66 bits per heavy atom. The van der Waals surface area contributed by atoms with E-state index in [9.17, 15) is 4.79 Å². The highest BCUT2D eigenvalue weighted by Crippen LogP contribution is 2.41. The van der Waals surface area contributed by atoms with E-state index in [4.69, 9.17) is 9.26 Å². The zero-order valence-corrected chi connectivity index (χ0v) is 24.6. The van der Waals surface area contributed by atoms with E-state index in [0.29, 0.717) is 19.6 Å². The molecule has 35 heavy (non-hydrogen) atoms. The molecule has 0 aliphatic carbocycles. The van der Waals surface area contributed by atoms with Gasteiger partial charge in [0.25, 0.3) is 5.91 Å². The molecule has 1 aromatic carbocycles. The van der Waals surface area contributed by atoms with Crippen molar-refractivity contribution < 1.29 is 14.1 Å². The second kappa shape index (κ2) is 10.5. The number of rotatable bonds is 8. The van der Waals surface area contributed by atoms with Gasteiger partial charge in [-0.05, 0) is 70.7 Å². The maximum atomic E-state index is 13.7. The van der Waals surface area contributed by atoms with Gasteiger partial charge in [-0.1, -0.05) is 63.3 Å². The summed E-state index contributed by atoms with van der Waals surface area (Å²) in [5, 5.41) is 2.26. The third-order valence-corrected chi connectivity index (χ3v) is 12.8. The van der Waals surface area contributed by atoms with E-state index in [1.807, 2.05) is 23.1 Å². The normalized spacial score (nSPS) is 25.5. The van der Waals surface area contributed by atoms with Crippen LogP contribution in [0.1, 0.15) is 79.7 Å². The van der Waals surface area contributed by atoms with Crippen molar-refractivity contribution in [3.05, 3.63) is 42.0 Å². The summed E-state index contributed by atoms with van der Waals surface area (Å²) in [7, 11) is -1.93. The average Bonchev–Trinajstić information content (AvgIpc) is 3.04. The lowest BCUT2D eigenvalue weighted by Crippen LogP contribution is -2.59. The number of carbonyl (C=O) groups excluding carboxylic acids is 1. The largest absolute Gasteiger partial charge is 0.415 e. The fourth-order valence-corrected chi connectivity index (χ4v) is 6.14. The lowest BCUT2D eigenvalue weighted by Gasteiger charge is -2.51. The van der Waals surface area contributed by atoms with Crippen LogP contribution in [0.4, 0.5) is 0 Å². The minimum absolute atomic E-state index is 0.0121. The van der Waals surface area contributed by atoms with Crippen LogP contribution in [0, 0.1) is 0 Å². The topological polar surface area (TPSA) is 42.0 Å². The van der Waals surface area contributed by atoms with Gasteiger partial charge in [-0.3, -0.25) is 9.63 Å². The standard InChI is InChI=1S/C29H48N2O3Si/c1-27(2,3)35(8,9)33-22-24-21-25(34-31-28(4,5)18-14-19-29(31,6)7)26(32)30(24)20-13-17-23-15-11-10-12-16-23/h10-13,15-17,24-25H,14,18-22H2,1-9H3/b17-13+/t24-,25?/m0/s1. The molecule has 1 amide bonds. The molecule has 0 N–H and O–H groups in total. The predicted octanol–water partition coefficient (Wildman–Crippen LogP) is 6.67. The third-order valence-electron chi connectivity index (χ3n) is 8.25. The SMILES string of the molecule is CC1(C)CCCC(C)(C)N1OC1C[C@@H](CO[Si](C)(C)C(C)(C)C)N(C/C=C/c2ccccc2)C1=O. The van der Waals surface area contributed by atoms with Crippen LogP contribution in [0.15, 0.2) is 36.4 Å². The lowest BCUT2D eigenvalue weighted by molar-refractivity contribution is -0.297. The summed E-state index contributed by atoms with van der Waals surface area (Å²) in [5.41, 5.74) is 0.934. The molecule has 0 radical (unpaired) electrons. The number of hydrogen-bond donors (Lipinski definition) is 0. The van der Waals surface area contributed by atoms with Crippen LogP contribution in [-0.4, -0.2) is 60.6 Å². The van der Waals surface area contributed by atoms with Crippen LogP contribution in [0.3, 0.4) is 0 Å². The van der Waals surface area contributed by atoms with Gasteiger partial charge >= 0.3 is 0 Å². The summed E-state index contributed by atoms with van der Waals surface area (Å²) >= 11 is 0. The predicted molar refractivity (Wildman–Crippen MR) is 147 cm³/mol. The Morgan fingerprint density at radius 1 is 1.06 bits per heavy atom. The summed E-state index contributed by atoms with van der Waals surface area (Å²) in [6.07, 6.45) is 7.68. The molecule has 0 bridgehead atoms. The van der Waals surface area contributed by atoms with Crippen molar-refractivity contribution in [2.75, 3.05) is 13.2 Å². The highest BCUT2D eigenvalue weighted by molar-refractivity contribution is 6.74. The average molecular weight is 501 g/mol. The Labute approximate surface area is 214 Å². The molecule has 2 aliphatic rings. The van der Waals surface area contributed by atoms with Crippen molar-refractivity contribution in [1.29, 1.82) is 0 Å². The van der Waals surface area contributed by atoms with Gasteiger partial charge < -0.3 is 9.33 Å². The number of piperidine rings is 1. The van der Waals surface area contributed by atoms with Crippen molar-refractivity contribution in [3.8, 4) is 0 Å². The second-order valence-electron chi connectivity index (χ2n) is 13.1. The summed E-state index contributed by atoms with van der Waals surface area (Å²) in [4.78, 5) is 22.2. The summed E-state index contributed by atoms with van der Waals surface area (Å²) in [6.45, 7) is 21.4. The minimum atomic E-state index is -1.93. The number of hydrogen-bond acceptors (Lipinski definition) is 4. The van der Waals surface area contributed by atoms with Crippen molar-refractivity contribution in [1.82, 2.24) is 9.96 Å². The Kier molecular flexibility index (Phi) is 8.42. The molecule has 3 rings (SSSR count). The molecule has 2 heterocycles. The minimum Gasteiger partial charge on any atom is -0.415 e. The Morgan fingerprint density at radius 3 is 2.23 bits per heavy atom. The molecular weight excluding hydrogens is 452 g/mol. The van der Waals surface area contributed by atoms with E-state index < -0.39 is 14.4 Å². The summed E-state index contributed by atoms with van der Waals surface area (Å²) in [6, 6.07) is 10.2. The van der Waals surface area contributed by atoms with Crippen molar-refractivity contribution in [3.63, 3.8) is 0 Å². The zero-order chi connectivity index (χ0) is 26.1.